The Balaban J connectivity index is 1.93. The van der Waals surface area contributed by atoms with Gasteiger partial charge in [-0.2, -0.15) is 0 Å². The van der Waals surface area contributed by atoms with Crippen molar-refractivity contribution in [2.24, 2.45) is 0 Å². The van der Waals surface area contributed by atoms with Crippen LogP contribution in [0.3, 0.4) is 0 Å². The zero-order valence-electron chi connectivity index (χ0n) is 17.1. The summed E-state index contributed by atoms with van der Waals surface area (Å²) in [6, 6.07) is 20.4. The van der Waals surface area contributed by atoms with Crippen molar-refractivity contribution >= 4 is 28.8 Å². The van der Waals surface area contributed by atoms with Crippen LogP contribution < -0.4 is 9.80 Å². The van der Waals surface area contributed by atoms with Crippen LogP contribution in [0, 0.1) is 5.82 Å². The van der Waals surface area contributed by atoms with Crippen molar-refractivity contribution in [3.05, 3.63) is 101 Å². The van der Waals surface area contributed by atoms with Gasteiger partial charge in [0.1, 0.15) is 11.6 Å². The molecule has 1 N–H and O–H groups in total. The summed E-state index contributed by atoms with van der Waals surface area (Å²) in [5.74, 6) is -2.57. The molecule has 0 aliphatic carbocycles. The zero-order chi connectivity index (χ0) is 22.1. The number of nitrogens with zero attached hydrogens (tertiary/aromatic N) is 2. The van der Waals surface area contributed by atoms with Crippen molar-refractivity contribution in [2.75, 3.05) is 23.9 Å². The van der Waals surface area contributed by atoms with Crippen molar-refractivity contribution in [1.29, 1.82) is 0 Å². The predicted octanol–water partition coefficient (Wildman–Crippen LogP) is 4.52. The lowest BCUT2D eigenvalue weighted by molar-refractivity contribution is -0.132. The third-order valence-corrected chi connectivity index (χ3v) is 5.34. The number of hydrogen-bond donors (Lipinski definition) is 1. The molecule has 6 heteroatoms. The highest BCUT2D eigenvalue weighted by Crippen LogP contribution is 2.43. The molecule has 0 unspecified atom stereocenters. The molecule has 3 aromatic carbocycles. The number of rotatable bonds is 4. The maximum absolute atomic E-state index is 14.8. The number of halogens is 1. The van der Waals surface area contributed by atoms with Crippen LogP contribution in [-0.4, -0.2) is 30.9 Å². The topological polar surface area (TPSA) is 60.9 Å². The number of carbonyl (C=O) groups is 2. The van der Waals surface area contributed by atoms with E-state index in [4.69, 9.17) is 0 Å². The maximum atomic E-state index is 14.8. The Morgan fingerprint density at radius 3 is 2.13 bits per heavy atom. The summed E-state index contributed by atoms with van der Waals surface area (Å²) in [5.41, 5.74) is 1.72. The Morgan fingerprint density at radius 2 is 1.52 bits per heavy atom. The highest BCUT2D eigenvalue weighted by Gasteiger charge is 2.47. The van der Waals surface area contributed by atoms with Gasteiger partial charge in [-0.3, -0.25) is 14.5 Å². The molecule has 0 saturated carbocycles. The molecular weight excluding hydrogens is 395 g/mol. The van der Waals surface area contributed by atoms with Crippen LogP contribution in [0.15, 0.2) is 84.4 Å². The number of benzene rings is 3. The quantitative estimate of drug-likeness (QED) is 0.386. The van der Waals surface area contributed by atoms with Crippen LogP contribution in [0.25, 0.3) is 5.76 Å². The Bertz CT molecular complexity index is 1170. The van der Waals surface area contributed by atoms with E-state index in [9.17, 15) is 19.1 Å². The second kappa shape index (κ2) is 8.07. The summed E-state index contributed by atoms with van der Waals surface area (Å²) in [4.78, 5) is 29.2. The molecule has 3 aromatic rings. The maximum Gasteiger partial charge on any atom is 0.300 e. The van der Waals surface area contributed by atoms with Crippen LogP contribution >= 0.6 is 0 Å². The molecule has 1 fully saturated rings. The van der Waals surface area contributed by atoms with Crippen molar-refractivity contribution in [2.45, 2.75) is 6.04 Å². The molecule has 1 heterocycles. The summed E-state index contributed by atoms with van der Waals surface area (Å²) in [6.45, 7) is 0. The first-order chi connectivity index (χ1) is 14.9. The molecule has 0 bridgehead atoms. The van der Waals surface area contributed by atoms with Crippen molar-refractivity contribution in [3.63, 3.8) is 0 Å². The van der Waals surface area contributed by atoms with Crippen molar-refractivity contribution < 1.29 is 19.1 Å². The van der Waals surface area contributed by atoms with Gasteiger partial charge in [-0.25, -0.2) is 4.39 Å². The summed E-state index contributed by atoms with van der Waals surface area (Å²) in [5, 5.41) is 11.0. The van der Waals surface area contributed by atoms with Gasteiger partial charge in [0, 0.05) is 36.6 Å². The molecule has 0 spiro atoms. The van der Waals surface area contributed by atoms with E-state index in [-0.39, 0.29) is 16.9 Å². The lowest BCUT2D eigenvalue weighted by atomic mass is 9.94. The number of hydrogen-bond acceptors (Lipinski definition) is 4. The normalized spacial score (nSPS) is 17.8. The standard InChI is InChI=1S/C25H21FN2O3/c1-27(2)17-12-14-18(15-13-17)28-22(19-10-6-7-11-20(19)26)21(24(30)25(28)31)23(29)16-8-4-3-5-9-16/h3-15,22,29H,1-2H3/b23-21+/t22-/m1/s1. The van der Waals surface area contributed by atoms with Crippen LogP contribution in [0.1, 0.15) is 17.2 Å². The molecule has 5 nitrogen and oxygen atoms in total. The zero-order valence-corrected chi connectivity index (χ0v) is 17.1. The summed E-state index contributed by atoms with van der Waals surface area (Å²) in [6.07, 6.45) is 0. The van der Waals surface area contributed by atoms with E-state index in [0.717, 1.165) is 5.69 Å². The molecule has 1 amide bonds. The molecule has 0 aromatic heterocycles. The molecule has 1 saturated heterocycles. The Morgan fingerprint density at radius 1 is 0.903 bits per heavy atom. The van der Waals surface area contributed by atoms with E-state index in [1.165, 1.54) is 23.1 Å². The lowest BCUT2D eigenvalue weighted by Crippen LogP contribution is -2.29. The number of aliphatic hydroxyl groups is 1. The fourth-order valence-corrected chi connectivity index (χ4v) is 3.75. The van der Waals surface area contributed by atoms with Crippen LogP contribution in [0.4, 0.5) is 15.8 Å². The first kappa shape index (κ1) is 20.3. The Labute approximate surface area is 179 Å². The number of aliphatic hydroxyl groups excluding tert-OH is 1. The first-order valence-corrected chi connectivity index (χ1v) is 9.78. The predicted molar refractivity (Wildman–Crippen MR) is 118 cm³/mol. The second-order valence-electron chi connectivity index (χ2n) is 7.47. The van der Waals surface area contributed by atoms with Gasteiger partial charge >= 0.3 is 0 Å². The molecule has 31 heavy (non-hydrogen) atoms. The minimum atomic E-state index is -1.09. The molecule has 156 valence electrons. The average molecular weight is 416 g/mol. The van der Waals surface area contributed by atoms with E-state index in [1.807, 2.05) is 31.1 Å². The lowest BCUT2D eigenvalue weighted by Gasteiger charge is -2.26. The molecule has 4 rings (SSSR count). The highest BCUT2D eigenvalue weighted by atomic mass is 19.1. The molecular formula is C25H21FN2O3. The fraction of sp³-hybridized carbons (Fsp3) is 0.120. The van der Waals surface area contributed by atoms with E-state index >= 15 is 0 Å². The van der Waals surface area contributed by atoms with E-state index in [0.29, 0.717) is 11.3 Å². The number of ketones is 1. The second-order valence-corrected chi connectivity index (χ2v) is 7.47. The van der Waals surface area contributed by atoms with Crippen LogP contribution in [0.2, 0.25) is 0 Å². The van der Waals surface area contributed by atoms with Gasteiger partial charge in [0.05, 0.1) is 11.6 Å². The first-order valence-electron chi connectivity index (χ1n) is 9.78. The number of amides is 1. The summed E-state index contributed by atoms with van der Waals surface area (Å²) < 4.78 is 14.8. The molecule has 1 atom stereocenters. The van der Waals surface area contributed by atoms with Crippen molar-refractivity contribution in [1.82, 2.24) is 0 Å². The van der Waals surface area contributed by atoms with Gasteiger partial charge in [-0.1, -0.05) is 48.5 Å². The number of anilines is 2. The average Bonchev–Trinajstić information content (AvgIpc) is 3.04. The minimum Gasteiger partial charge on any atom is -0.507 e. The Hall–Kier alpha value is -3.93. The van der Waals surface area contributed by atoms with E-state index < -0.39 is 23.5 Å². The van der Waals surface area contributed by atoms with Crippen LogP contribution in [0.5, 0.6) is 0 Å². The van der Waals surface area contributed by atoms with Gasteiger partial charge < -0.3 is 10.0 Å². The smallest absolute Gasteiger partial charge is 0.300 e. The third kappa shape index (κ3) is 3.57. The molecule has 0 radical (unpaired) electrons. The van der Waals surface area contributed by atoms with E-state index in [1.54, 1.807) is 48.5 Å². The number of Topliss-reactive ketones (excluding diaryl/α,β-unsaturated/α-hetero) is 1. The molecule has 1 aliphatic heterocycles. The van der Waals surface area contributed by atoms with Crippen LogP contribution in [-0.2, 0) is 9.59 Å². The van der Waals surface area contributed by atoms with Gasteiger partial charge in [-0.05, 0) is 30.3 Å². The summed E-state index contributed by atoms with van der Waals surface area (Å²) in [7, 11) is 3.78. The Kier molecular flexibility index (Phi) is 5.29. The fourth-order valence-electron chi connectivity index (χ4n) is 3.75. The van der Waals surface area contributed by atoms with Gasteiger partial charge in [-0.15, -0.1) is 0 Å². The number of carbonyl (C=O) groups excluding carboxylic acids is 2. The highest BCUT2D eigenvalue weighted by molar-refractivity contribution is 6.51. The minimum absolute atomic E-state index is 0.135. The van der Waals surface area contributed by atoms with E-state index in [2.05, 4.69) is 0 Å². The largest absolute Gasteiger partial charge is 0.507 e. The van der Waals surface area contributed by atoms with Gasteiger partial charge in [0.25, 0.3) is 11.7 Å². The summed E-state index contributed by atoms with van der Waals surface area (Å²) >= 11 is 0. The van der Waals surface area contributed by atoms with Gasteiger partial charge in [0.2, 0.25) is 0 Å². The monoisotopic (exact) mass is 416 g/mol. The molecule has 1 aliphatic rings. The SMILES string of the molecule is CN(C)c1ccc(N2C(=O)C(=O)/C(=C(/O)c3ccccc3)[C@H]2c2ccccc2F)cc1. The van der Waals surface area contributed by atoms with Crippen molar-refractivity contribution in [3.8, 4) is 0 Å². The third-order valence-electron chi connectivity index (χ3n) is 5.34. The van der Waals surface area contributed by atoms with Gasteiger partial charge in [0.15, 0.2) is 0 Å².